The zero-order valence-electron chi connectivity index (χ0n) is 14.3. The van der Waals surface area contributed by atoms with Gasteiger partial charge in [0.15, 0.2) is 0 Å². The summed E-state index contributed by atoms with van der Waals surface area (Å²) < 4.78 is 17.1. The summed E-state index contributed by atoms with van der Waals surface area (Å²) in [7, 11) is 0. The first-order valence-electron chi connectivity index (χ1n) is 8.52. The second kappa shape index (κ2) is 5.51. The average molecular weight is 343 g/mol. The number of carbonyl (C=O) groups is 1. The number of benzene rings is 1. The normalized spacial score (nSPS) is 17.7. The van der Waals surface area contributed by atoms with Crippen LogP contribution in [0.2, 0.25) is 0 Å². The van der Waals surface area contributed by atoms with E-state index in [4.69, 9.17) is 13.9 Å². The molecule has 132 valence electrons. The van der Waals surface area contributed by atoms with Gasteiger partial charge in [0.2, 0.25) is 0 Å². The van der Waals surface area contributed by atoms with Crippen LogP contribution in [-0.4, -0.2) is 18.2 Å². The van der Waals surface area contributed by atoms with Gasteiger partial charge in [-0.3, -0.25) is 0 Å². The van der Waals surface area contributed by atoms with E-state index >= 15 is 0 Å². The van der Waals surface area contributed by atoms with Crippen molar-refractivity contribution in [2.24, 2.45) is 0 Å². The largest absolute Gasteiger partial charge is 0.546 e. The van der Waals surface area contributed by atoms with Gasteiger partial charge >= 0.3 is 5.63 Å². The van der Waals surface area contributed by atoms with Crippen LogP contribution < -0.4 is 20.2 Å². The van der Waals surface area contributed by atoms with Crippen molar-refractivity contribution in [2.75, 3.05) is 6.61 Å². The quantitative estimate of drug-likeness (QED) is 0.785. The van der Waals surface area contributed by atoms with E-state index in [0.29, 0.717) is 34.5 Å². The van der Waals surface area contributed by atoms with Crippen molar-refractivity contribution in [1.29, 1.82) is 0 Å². The minimum atomic E-state index is -1.30. The van der Waals surface area contributed by atoms with Crippen molar-refractivity contribution in [1.82, 2.24) is 0 Å². The summed E-state index contributed by atoms with van der Waals surface area (Å²) in [5.41, 5.74) is 2.23. The topological polar surface area (TPSA) is 88.8 Å². The van der Waals surface area contributed by atoms with Gasteiger partial charge in [-0.2, -0.15) is 0 Å². The molecule has 0 atom stereocenters. The first kappa shape index (κ1) is 16.0. The van der Waals surface area contributed by atoms with Crippen molar-refractivity contribution >= 4 is 16.9 Å². The number of carbonyl (C=O) groups excluding carboxylic acids is 1. The second-order valence-corrected chi connectivity index (χ2v) is 7.28. The minimum absolute atomic E-state index is 0.316. The molecule has 0 amide bonds. The molecule has 2 aliphatic rings. The number of aryl methyl sites for hydroxylation is 2. The van der Waals surface area contributed by atoms with E-state index in [-0.39, 0.29) is 11.2 Å². The molecule has 25 heavy (non-hydrogen) atoms. The molecule has 0 radical (unpaired) electrons. The summed E-state index contributed by atoms with van der Waals surface area (Å²) in [5.74, 6) is -0.350. The molecule has 2 aromatic rings. The van der Waals surface area contributed by atoms with Gasteiger partial charge in [0.05, 0.1) is 11.4 Å². The third kappa shape index (κ3) is 2.65. The molecule has 4 rings (SSSR count). The maximum absolute atomic E-state index is 12.4. The predicted molar refractivity (Wildman–Crippen MR) is 88.0 cm³/mol. The van der Waals surface area contributed by atoms with Crippen molar-refractivity contribution in [3.8, 4) is 11.5 Å². The third-order valence-corrected chi connectivity index (χ3v) is 4.98. The molecule has 1 aromatic heterocycles. The highest BCUT2D eigenvalue weighted by molar-refractivity contribution is 5.92. The van der Waals surface area contributed by atoms with E-state index in [1.807, 2.05) is 13.8 Å². The molecule has 1 aliphatic carbocycles. The van der Waals surface area contributed by atoms with E-state index in [1.165, 1.54) is 0 Å². The van der Waals surface area contributed by atoms with Gasteiger partial charge < -0.3 is 23.8 Å². The van der Waals surface area contributed by atoms with Crippen LogP contribution in [0.5, 0.6) is 11.5 Å². The average Bonchev–Trinajstić information content (AvgIpc) is 3.01. The van der Waals surface area contributed by atoms with Crippen LogP contribution in [-0.2, 0) is 24.1 Å². The Morgan fingerprint density at radius 2 is 2.00 bits per heavy atom. The smallest absolute Gasteiger partial charge is 0.339 e. The van der Waals surface area contributed by atoms with Gasteiger partial charge in [-0.25, -0.2) is 4.79 Å². The standard InChI is InChI=1S/C19H20O6/c1-19(2)7-6-12-13(25-19)8-14(23-9-15(20)21)16-10-4-3-5-11(10)18(22)24-17(12)16/h8H,3-7,9H2,1-2H3,(H,20,21)/p-1. The fraction of sp³-hybridized carbons (Fsp3) is 0.474. The number of aliphatic carboxylic acids is 1. The summed E-state index contributed by atoms with van der Waals surface area (Å²) >= 11 is 0. The van der Waals surface area contributed by atoms with Crippen LogP contribution in [0, 0.1) is 0 Å². The van der Waals surface area contributed by atoms with Gasteiger partial charge in [0.1, 0.15) is 29.3 Å². The second-order valence-electron chi connectivity index (χ2n) is 7.28. The molecular weight excluding hydrogens is 324 g/mol. The minimum Gasteiger partial charge on any atom is -0.546 e. The molecule has 0 fully saturated rings. The molecule has 0 spiro atoms. The number of hydrogen-bond acceptors (Lipinski definition) is 6. The molecule has 1 aromatic carbocycles. The van der Waals surface area contributed by atoms with Gasteiger partial charge in [-0.15, -0.1) is 0 Å². The Balaban J connectivity index is 1.99. The Labute approximate surface area is 144 Å². The van der Waals surface area contributed by atoms with Gasteiger partial charge in [0.25, 0.3) is 0 Å². The van der Waals surface area contributed by atoms with E-state index < -0.39 is 12.6 Å². The Bertz CT molecular complexity index is 937. The number of fused-ring (bicyclic) bond motifs is 5. The molecule has 6 nitrogen and oxygen atoms in total. The van der Waals surface area contributed by atoms with Crippen molar-refractivity contribution < 1.29 is 23.8 Å². The molecule has 2 heterocycles. The van der Waals surface area contributed by atoms with Gasteiger partial charge in [-0.05, 0) is 51.5 Å². The van der Waals surface area contributed by atoms with Crippen molar-refractivity contribution in [3.63, 3.8) is 0 Å². The maximum atomic E-state index is 12.4. The lowest BCUT2D eigenvalue weighted by atomic mass is 9.91. The fourth-order valence-electron chi connectivity index (χ4n) is 3.80. The molecule has 0 bridgehead atoms. The molecule has 0 N–H and O–H groups in total. The Kier molecular flexibility index (Phi) is 3.52. The molecule has 0 saturated heterocycles. The number of carboxylic acids is 1. The number of carboxylic acid groups (broad SMARTS) is 1. The van der Waals surface area contributed by atoms with Crippen molar-refractivity contribution in [3.05, 3.63) is 33.2 Å². The number of rotatable bonds is 3. The summed E-state index contributed by atoms with van der Waals surface area (Å²) in [6.45, 7) is 3.41. The molecule has 6 heteroatoms. The van der Waals surface area contributed by atoms with Crippen LogP contribution in [0.25, 0.3) is 11.0 Å². The fourth-order valence-corrected chi connectivity index (χ4v) is 3.80. The van der Waals surface area contributed by atoms with Crippen molar-refractivity contribution in [2.45, 2.75) is 51.6 Å². The highest BCUT2D eigenvalue weighted by atomic mass is 16.5. The summed E-state index contributed by atoms with van der Waals surface area (Å²) in [6, 6.07) is 1.72. The Hall–Kier alpha value is -2.50. The molecule has 0 saturated carbocycles. The Morgan fingerprint density at radius 3 is 2.76 bits per heavy atom. The zero-order valence-corrected chi connectivity index (χ0v) is 14.3. The number of hydrogen-bond donors (Lipinski definition) is 0. The summed E-state index contributed by atoms with van der Waals surface area (Å²) in [6.07, 6.45) is 3.83. The highest BCUT2D eigenvalue weighted by Gasteiger charge is 2.32. The first-order chi connectivity index (χ1) is 11.9. The summed E-state index contributed by atoms with van der Waals surface area (Å²) in [5, 5.41) is 11.6. The van der Waals surface area contributed by atoms with Gasteiger partial charge in [-0.1, -0.05) is 0 Å². The van der Waals surface area contributed by atoms with Crippen LogP contribution >= 0.6 is 0 Å². The van der Waals surface area contributed by atoms with E-state index in [2.05, 4.69) is 0 Å². The predicted octanol–water partition coefficient (Wildman–Crippen LogP) is 1.51. The lowest BCUT2D eigenvalue weighted by Gasteiger charge is -2.33. The Morgan fingerprint density at radius 1 is 1.24 bits per heavy atom. The van der Waals surface area contributed by atoms with Crippen LogP contribution in [0.3, 0.4) is 0 Å². The van der Waals surface area contributed by atoms with Crippen LogP contribution in [0.1, 0.15) is 43.4 Å². The number of ether oxygens (including phenoxy) is 2. The zero-order chi connectivity index (χ0) is 17.8. The van der Waals surface area contributed by atoms with E-state index in [0.717, 1.165) is 36.8 Å². The van der Waals surface area contributed by atoms with E-state index in [9.17, 15) is 14.7 Å². The van der Waals surface area contributed by atoms with E-state index in [1.54, 1.807) is 6.07 Å². The van der Waals surface area contributed by atoms with Gasteiger partial charge in [0, 0.05) is 17.2 Å². The molecular formula is C19H19O6-. The maximum Gasteiger partial charge on any atom is 0.339 e. The van der Waals surface area contributed by atoms with Crippen LogP contribution in [0.4, 0.5) is 0 Å². The summed E-state index contributed by atoms with van der Waals surface area (Å²) in [4.78, 5) is 23.2. The first-order valence-corrected chi connectivity index (χ1v) is 8.52. The third-order valence-electron chi connectivity index (χ3n) is 4.98. The molecule has 0 unspecified atom stereocenters. The highest BCUT2D eigenvalue weighted by Crippen LogP contribution is 2.44. The monoisotopic (exact) mass is 343 g/mol. The lowest BCUT2D eigenvalue weighted by Crippen LogP contribution is -2.33. The SMILES string of the molecule is CC1(C)CCc2c(cc(OCC(=O)[O-])c3c4c(c(=O)oc23)CCC4)O1. The lowest BCUT2D eigenvalue weighted by molar-refractivity contribution is -0.307. The van der Waals surface area contributed by atoms with Crippen LogP contribution in [0.15, 0.2) is 15.3 Å². The molecule has 1 aliphatic heterocycles.